The molecule has 3 fully saturated rings. The number of H-pyrrole nitrogens is 1. The van der Waals surface area contributed by atoms with Gasteiger partial charge < -0.3 is 24.6 Å². The Labute approximate surface area is 379 Å². The minimum atomic E-state index is -0.408. The molecule has 340 valence electrons. The van der Waals surface area contributed by atoms with E-state index in [-0.39, 0.29) is 29.3 Å². The predicted octanol–water partition coefficient (Wildman–Crippen LogP) is 7.89. The molecule has 16 nitrogen and oxygen atoms in total. The zero-order valence-electron chi connectivity index (χ0n) is 38.8. The van der Waals surface area contributed by atoms with Crippen LogP contribution in [0.1, 0.15) is 116 Å². The topological polar surface area (TPSA) is 183 Å². The van der Waals surface area contributed by atoms with Crippen LogP contribution in [0.25, 0.3) is 33.5 Å². The zero-order valence-corrected chi connectivity index (χ0v) is 38.8. The van der Waals surface area contributed by atoms with Crippen LogP contribution in [-0.2, 0) is 10.2 Å². The molecule has 3 aliphatic rings. The fourth-order valence-corrected chi connectivity index (χ4v) is 10.00. The highest BCUT2D eigenvalue weighted by Crippen LogP contribution is 2.37. The van der Waals surface area contributed by atoms with Crippen LogP contribution in [0.3, 0.4) is 0 Å². The number of nitrogens with zero attached hydrogens (tertiary/aromatic N) is 9. The summed E-state index contributed by atoms with van der Waals surface area (Å²) >= 11 is 0. The Hall–Kier alpha value is -6.42. The van der Waals surface area contributed by atoms with Crippen molar-refractivity contribution in [3.05, 3.63) is 88.6 Å². The van der Waals surface area contributed by atoms with Gasteiger partial charge in [-0.2, -0.15) is 10.1 Å². The summed E-state index contributed by atoms with van der Waals surface area (Å²) in [4.78, 5) is 61.1. The van der Waals surface area contributed by atoms with Gasteiger partial charge in [-0.05, 0) is 113 Å². The number of aryl methyl sites for hydroxylation is 3. The molecule has 2 aromatic carbocycles. The monoisotopic (exact) mass is 880 g/mol. The minimum absolute atomic E-state index is 0.0475. The number of hydrogen-bond donors (Lipinski definition) is 3. The molecule has 1 atom stereocenters. The second-order valence-electron chi connectivity index (χ2n) is 19.3. The smallest absolute Gasteiger partial charge is 0.328 e. The van der Waals surface area contributed by atoms with Crippen molar-refractivity contribution in [1.29, 1.82) is 0 Å². The quantitative estimate of drug-likeness (QED) is 0.122. The predicted molar refractivity (Wildman–Crippen MR) is 250 cm³/mol. The van der Waals surface area contributed by atoms with Crippen molar-refractivity contribution in [2.75, 3.05) is 49.1 Å². The molecule has 9 rings (SSSR count). The van der Waals surface area contributed by atoms with Crippen molar-refractivity contribution in [1.82, 2.24) is 50.4 Å². The molecule has 7 heterocycles. The summed E-state index contributed by atoms with van der Waals surface area (Å²) in [5.74, 6) is 0.478. The molecule has 65 heavy (non-hydrogen) atoms. The van der Waals surface area contributed by atoms with Gasteiger partial charge in [-0.3, -0.25) is 24.5 Å². The van der Waals surface area contributed by atoms with Crippen LogP contribution in [0.2, 0.25) is 0 Å². The molecule has 0 saturated carbocycles. The number of rotatable bonds is 10. The maximum atomic E-state index is 13.0. The zero-order chi connectivity index (χ0) is 45.7. The maximum absolute atomic E-state index is 13.0. The minimum Gasteiger partial charge on any atom is -0.372 e. The number of likely N-dealkylation sites (tertiary alicyclic amines) is 1. The number of imide groups is 1. The summed E-state index contributed by atoms with van der Waals surface area (Å²) in [5.41, 5.74) is 11.5. The number of benzene rings is 2. The lowest BCUT2D eigenvalue weighted by Crippen LogP contribution is -2.49. The van der Waals surface area contributed by atoms with Crippen molar-refractivity contribution in [2.24, 2.45) is 5.92 Å². The number of hydrogen-bond acceptors (Lipinski definition) is 11. The number of aromatic nitrogens is 7. The molecule has 0 radical (unpaired) electrons. The van der Waals surface area contributed by atoms with Crippen LogP contribution in [0, 0.1) is 33.6 Å². The standard InChI is InChI=1S/C49H60N12O4/c1-28-23-34(9-11-37(28)30(3)52-45(63)46-55-47(57-65-46)49(6,7)8)43-38-25-39(53-44(38)51-27-50-43)42-31(4)56-61(32(42)5)35-15-18-58(19-16-35)26-33-13-20-59(21-14-33)36-10-12-40(29(2)24-36)60-22-17-41(62)54-48(60)64/h9-12,23-25,27,30,33,35H,13-22,26H2,1-8H3,(H,52,63)(H,50,51,53)(H,54,62,64). The Balaban J connectivity index is 0.808. The second-order valence-corrected chi connectivity index (χ2v) is 19.3. The van der Waals surface area contributed by atoms with Gasteiger partial charge in [0.25, 0.3) is 0 Å². The van der Waals surface area contributed by atoms with Crippen LogP contribution in [0.5, 0.6) is 0 Å². The summed E-state index contributed by atoms with van der Waals surface area (Å²) in [5, 5.41) is 15.5. The number of anilines is 2. The summed E-state index contributed by atoms with van der Waals surface area (Å²) in [6, 6.07) is 14.3. The van der Waals surface area contributed by atoms with Crippen LogP contribution < -0.4 is 20.4 Å². The van der Waals surface area contributed by atoms with Crippen LogP contribution >= 0.6 is 0 Å². The van der Waals surface area contributed by atoms with Gasteiger partial charge in [0, 0.05) is 84.7 Å². The molecule has 3 aliphatic heterocycles. The average molecular weight is 881 g/mol. The number of aromatic amines is 1. The normalized spacial score (nSPS) is 17.5. The highest BCUT2D eigenvalue weighted by atomic mass is 16.5. The maximum Gasteiger partial charge on any atom is 0.328 e. The molecule has 0 spiro atoms. The largest absolute Gasteiger partial charge is 0.372 e. The Morgan fingerprint density at radius 2 is 1.69 bits per heavy atom. The van der Waals surface area contributed by atoms with Gasteiger partial charge in [-0.1, -0.05) is 38.1 Å². The molecule has 16 heteroatoms. The Morgan fingerprint density at radius 3 is 2.38 bits per heavy atom. The van der Waals surface area contributed by atoms with Crippen molar-refractivity contribution in [3.63, 3.8) is 0 Å². The van der Waals surface area contributed by atoms with Crippen molar-refractivity contribution < 1.29 is 18.9 Å². The number of nitrogens with one attached hydrogen (secondary N) is 3. The number of urea groups is 1. The summed E-state index contributed by atoms with van der Waals surface area (Å²) in [6.07, 6.45) is 6.35. The van der Waals surface area contributed by atoms with E-state index in [4.69, 9.17) is 14.6 Å². The SMILES string of the molecule is Cc1cc(-c2ncnc3[nH]c(-c4c(C)nn(C5CCN(CC6CCN(c7ccc(N8CCC(=O)NC8=O)c(C)c7)CC6)CC5)c4C)cc23)ccc1C(C)NC(=O)c1nc(C(C)(C)C)no1. The van der Waals surface area contributed by atoms with E-state index in [9.17, 15) is 14.4 Å². The first-order valence-electron chi connectivity index (χ1n) is 23.0. The number of amides is 4. The lowest BCUT2D eigenvalue weighted by molar-refractivity contribution is -0.120. The molecule has 3 N–H and O–H groups in total. The summed E-state index contributed by atoms with van der Waals surface area (Å²) in [6.45, 7) is 21.9. The van der Waals surface area contributed by atoms with Crippen molar-refractivity contribution >= 4 is 40.3 Å². The molecule has 0 bridgehead atoms. The van der Waals surface area contributed by atoms with E-state index in [0.29, 0.717) is 30.7 Å². The van der Waals surface area contributed by atoms with Gasteiger partial charge in [0.1, 0.15) is 12.0 Å². The molecular weight excluding hydrogens is 821 g/mol. The fraction of sp³-hybridized carbons (Fsp3) is 0.469. The van der Waals surface area contributed by atoms with Gasteiger partial charge in [0.15, 0.2) is 5.82 Å². The molecule has 0 aliphatic carbocycles. The highest BCUT2D eigenvalue weighted by Gasteiger charge is 2.30. The molecule has 4 amide bonds. The summed E-state index contributed by atoms with van der Waals surface area (Å²) < 4.78 is 7.52. The third kappa shape index (κ3) is 8.87. The number of fused-ring (bicyclic) bond motifs is 1. The number of carbonyl (C=O) groups is 3. The van der Waals surface area contributed by atoms with Crippen molar-refractivity contribution in [2.45, 2.75) is 105 Å². The van der Waals surface area contributed by atoms with E-state index < -0.39 is 5.91 Å². The van der Waals surface area contributed by atoms with E-state index in [1.807, 2.05) is 59.7 Å². The average Bonchev–Trinajstić information content (AvgIpc) is 4.02. The third-order valence-electron chi connectivity index (χ3n) is 13.6. The van der Waals surface area contributed by atoms with E-state index in [0.717, 1.165) is 126 Å². The van der Waals surface area contributed by atoms with Crippen LogP contribution in [-0.4, -0.2) is 96.9 Å². The van der Waals surface area contributed by atoms with E-state index in [1.54, 1.807) is 11.2 Å². The molecule has 4 aromatic heterocycles. The third-order valence-corrected chi connectivity index (χ3v) is 13.6. The molecule has 3 saturated heterocycles. The van der Waals surface area contributed by atoms with Gasteiger partial charge in [-0.25, -0.2) is 14.8 Å². The molecular formula is C49H60N12O4. The first kappa shape index (κ1) is 43.8. The number of piperidine rings is 2. The van der Waals surface area contributed by atoms with E-state index in [1.165, 1.54) is 5.69 Å². The first-order valence-corrected chi connectivity index (χ1v) is 23.0. The second kappa shape index (κ2) is 17.5. The lowest BCUT2D eigenvalue weighted by atomic mass is 9.94. The Morgan fingerprint density at radius 1 is 0.923 bits per heavy atom. The highest BCUT2D eigenvalue weighted by molar-refractivity contribution is 6.06. The fourth-order valence-electron chi connectivity index (χ4n) is 10.00. The van der Waals surface area contributed by atoms with Crippen LogP contribution in [0.15, 0.2) is 53.3 Å². The van der Waals surface area contributed by atoms with E-state index in [2.05, 4.69) is 83.3 Å². The van der Waals surface area contributed by atoms with Crippen molar-refractivity contribution in [3.8, 4) is 22.5 Å². The molecule has 6 aromatic rings. The Bertz CT molecular complexity index is 2760. The van der Waals surface area contributed by atoms with E-state index >= 15 is 0 Å². The summed E-state index contributed by atoms with van der Waals surface area (Å²) in [7, 11) is 0. The van der Waals surface area contributed by atoms with Gasteiger partial charge in [-0.15, -0.1) is 0 Å². The first-order chi connectivity index (χ1) is 31.1. The number of carbonyl (C=O) groups excluding carboxylic acids is 3. The molecule has 1 unspecified atom stereocenters. The van der Waals surface area contributed by atoms with Gasteiger partial charge >= 0.3 is 17.8 Å². The lowest BCUT2D eigenvalue weighted by Gasteiger charge is -2.38. The van der Waals surface area contributed by atoms with Gasteiger partial charge in [0.05, 0.1) is 29.2 Å². The van der Waals surface area contributed by atoms with Gasteiger partial charge in [0.2, 0.25) is 5.91 Å². The Kier molecular flexibility index (Phi) is 11.8. The van der Waals surface area contributed by atoms with Crippen LogP contribution in [0.4, 0.5) is 16.2 Å².